The molecule has 1 N–H and O–H groups in total. The average molecular weight is 349 g/mol. The number of carbonyl (C=O) groups is 1. The Morgan fingerprint density at radius 2 is 2.24 bits per heavy atom. The van der Waals surface area contributed by atoms with Crippen LogP contribution in [0.1, 0.15) is 16.9 Å². The van der Waals surface area contributed by atoms with E-state index in [1.165, 1.54) is 5.69 Å². The highest BCUT2D eigenvalue weighted by Gasteiger charge is 2.25. The molecule has 1 amide bonds. The van der Waals surface area contributed by atoms with E-state index < -0.39 is 0 Å². The molecule has 2 aromatic rings. The molecule has 1 aliphatic heterocycles. The molecule has 0 radical (unpaired) electrons. The molecular formula is C15H17BrN4O. The predicted molar refractivity (Wildman–Crippen MR) is 85.4 cm³/mol. The van der Waals surface area contributed by atoms with Gasteiger partial charge in [0, 0.05) is 36.8 Å². The summed E-state index contributed by atoms with van der Waals surface area (Å²) < 4.78 is 2.86. The molecule has 1 aliphatic rings. The van der Waals surface area contributed by atoms with Gasteiger partial charge in [-0.1, -0.05) is 12.1 Å². The molecular weight excluding hydrogens is 332 g/mol. The zero-order chi connectivity index (χ0) is 14.8. The zero-order valence-corrected chi connectivity index (χ0v) is 13.4. The zero-order valence-electron chi connectivity index (χ0n) is 11.8. The van der Waals surface area contributed by atoms with Crippen LogP contribution in [0.4, 0.5) is 5.69 Å². The molecule has 0 unspecified atom stereocenters. The third-order valence-corrected chi connectivity index (χ3v) is 4.32. The Balaban J connectivity index is 1.63. The van der Waals surface area contributed by atoms with E-state index in [0.717, 1.165) is 24.0 Å². The van der Waals surface area contributed by atoms with Crippen LogP contribution in [0.5, 0.6) is 0 Å². The lowest BCUT2D eigenvalue weighted by atomic mass is 10.2. The Labute approximate surface area is 132 Å². The molecule has 1 fully saturated rings. The van der Waals surface area contributed by atoms with Crippen molar-refractivity contribution in [2.75, 3.05) is 18.0 Å². The molecule has 0 spiro atoms. The number of benzene rings is 1. The maximum atomic E-state index is 12.1. The Hall–Kier alpha value is -1.82. The Bertz CT molecular complexity index is 655. The standard InChI is InChI=1S/C15H17BrN4O/c1-19-9-13(17-10-19)15(21)18-11-6-7-20(8-11)14-5-3-2-4-12(14)16/h2-5,9-11H,6-8H2,1H3,(H,18,21)/t11-/m0/s1. The number of aromatic nitrogens is 2. The van der Waals surface area contributed by atoms with E-state index in [1.807, 2.05) is 25.2 Å². The van der Waals surface area contributed by atoms with Gasteiger partial charge < -0.3 is 14.8 Å². The molecule has 1 atom stereocenters. The lowest BCUT2D eigenvalue weighted by molar-refractivity contribution is 0.0935. The SMILES string of the molecule is Cn1cnc(C(=O)N[C@H]2CCN(c3ccccc3Br)C2)c1. The van der Waals surface area contributed by atoms with Gasteiger partial charge in [0.15, 0.2) is 0 Å². The van der Waals surface area contributed by atoms with Crippen molar-refractivity contribution in [3.63, 3.8) is 0 Å². The first-order chi connectivity index (χ1) is 10.1. The molecule has 6 heteroatoms. The van der Waals surface area contributed by atoms with E-state index in [9.17, 15) is 4.79 Å². The number of anilines is 1. The summed E-state index contributed by atoms with van der Waals surface area (Å²) in [6.07, 6.45) is 4.31. The van der Waals surface area contributed by atoms with Crippen LogP contribution in [0.2, 0.25) is 0 Å². The summed E-state index contributed by atoms with van der Waals surface area (Å²) in [6.45, 7) is 1.76. The molecule has 0 aliphatic carbocycles. The quantitative estimate of drug-likeness (QED) is 0.924. The van der Waals surface area contributed by atoms with Gasteiger partial charge in [-0.05, 0) is 34.5 Å². The fourth-order valence-corrected chi connectivity index (χ4v) is 3.13. The number of halogens is 1. The number of hydrogen-bond acceptors (Lipinski definition) is 3. The maximum absolute atomic E-state index is 12.1. The highest BCUT2D eigenvalue weighted by molar-refractivity contribution is 9.10. The fraction of sp³-hybridized carbons (Fsp3) is 0.333. The normalized spacial score (nSPS) is 18.0. The molecule has 0 saturated carbocycles. The number of rotatable bonds is 3. The van der Waals surface area contributed by atoms with Gasteiger partial charge >= 0.3 is 0 Å². The summed E-state index contributed by atoms with van der Waals surface area (Å²) in [5, 5.41) is 3.06. The smallest absolute Gasteiger partial charge is 0.271 e. The number of nitrogens with one attached hydrogen (secondary N) is 1. The first-order valence-corrected chi connectivity index (χ1v) is 7.71. The summed E-state index contributed by atoms with van der Waals surface area (Å²) in [6, 6.07) is 8.32. The summed E-state index contributed by atoms with van der Waals surface area (Å²) >= 11 is 3.57. The molecule has 3 rings (SSSR count). The lowest BCUT2D eigenvalue weighted by Gasteiger charge is -2.20. The van der Waals surface area contributed by atoms with Crippen molar-refractivity contribution in [1.29, 1.82) is 0 Å². The van der Waals surface area contributed by atoms with Gasteiger partial charge in [-0.15, -0.1) is 0 Å². The van der Waals surface area contributed by atoms with E-state index in [4.69, 9.17) is 0 Å². The minimum absolute atomic E-state index is 0.102. The van der Waals surface area contributed by atoms with Crippen LogP contribution >= 0.6 is 15.9 Å². The van der Waals surface area contributed by atoms with Crippen LogP contribution in [-0.4, -0.2) is 34.6 Å². The first kappa shape index (κ1) is 14.1. The van der Waals surface area contributed by atoms with Gasteiger partial charge in [-0.3, -0.25) is 4.79 Å². The van der Waals surface area contributed by atoms with Crippen LogP contribution in [0.25, 0.3) is 0 Å². The van der Waals surface area contributed by atoms with E-state index in [0.29, 0.717) is 5.69 Å². The average Bonchev–Trinajstić information content (AvgIpc) is 3.08. The van der Waals surface area contributed by atoms with Crippen molar-refractivity contribution in [3.05, 3.63) is 47.0 Å². The van der Waals surface area contributed by atoms with Crippen LogP contribution in [0.3, 0.4) is 0 Å². The van der Waals surface area contributed by atoms with E-state index >= 15 is 0 Å². The third kappa shape index (κ3) is 3.10. The summed E-state index contributed by atoms with van der Waals surface area (Å²) in [5.41, 5.74) is 1.64. The second kappa shape index (κ2) is 5.89. The van der Waals surface area contributed by atoms with Crippen molar-refractivity contribution in [2.45, 2.75) is 12.5 Å². The predicted octanol–water partition coefficient (Wildman–Crippen LogP) is 2.19. The second-order valence-electron chi connectivity index (χ2n) is 5.28. The Morgan fingerprint density at radius 3 is 2.95 bits per heavy atom. The summed E-state index contributed by atoms with van der Waals surface area (Å²) in [7, 11) is 1.86. The largest absolute Gasteiger partial charge is 0.368 e. The van der Waals surface area contributed by atoms with E-state index in [2.05, 4.69) is 37.2 Å². The number of para-hydroxylation sites is 1. The first-order valence-electron chi connectivity index (χ1n) is 6.92. The van der Waals surface area contributed by atoms with E-state index in [1.54, 1.807) is 17.1 Å². The van der Waals surface area contributed by atoms with Crippen LogP contribution in [0.15, 0.2) is 41.3 Å². The van der Waals surface area contributed by atoms with Gasteiger partial charge in [-0.2, -0.15) is 0 Å². The lowest BCUT2D eigenvalue weighted by Crippen LogP contribution is -2.37. The number of aryl methyl sites for hydroxylation is 1. The minimum Gasteiger partial charge on any atom is -0.368 e. The second-order valence-corrected chi connectivity index (χ2v) is 6.14. The van der Waals surface area contributed by atoms with E-state index in [-0.39, 0.29) is 11.9 Å². The molecule has 1 aromatic carbocycles. The molecule has 1 aromatic heterocycles. The molecule has 5 nitrogen and oxygen atoms in total. The maximum Gasteiger partial charge on any atom is 0.271 e. The summed E-state index contributed by atoms with van der Waals surface area (Å²) in [4.78, 5) is 18.5. The van der Waals surface area contributed by atoms with Crippen molar-refractivity contribution >= 4 is 27.5 Å². The third-order valence-electron chi connectivity index (χ3n) is 3.65. The van der Waals surface area contributed by atoms with Crippen LogP contribution < -0.4 is 10.2 Å². The molecule has 110 valence electrons. The van der Waals surface area contributed by atoms with Gasteiger partial charge in [0.2, 0.25) is 0 Å². The van der Waals surface area contributed by atoms with Crippen LogP contribution in [-0.2, 0) is 7.05 Å². The van der Waals surface area contributed by atoms with Gasteiger partial charge in [0.1, 0.15) is 5.69 Å². The van der Waals surface area contributed by atoms with Gasteiger partial charge in [0.25, 0.3) is 5.91 Å². The highest BCUT2D eigenvalue weighted by Crippen LogP contribution is 2.28. The monoisotopic (exact) mass is 348 g/mol. The molecule has 1 saturated heterocycles. The number of amides is 1. The minimum atomic E-state index is -0.102. The van der Waals surface area contributed by atoms with Gasteiger partial charge in [0.05, 0.1) is 12.0 Å². The fourth-order valence-electron chi connectivity index (χ4n) is 2.59. The molecule has 21 heavy (non-hydrogen) atoms. The van der Waals surface area contributed by atoms with Crippen molar-refractivity contribution in [1.82, 2.24) is 14.9 Å². The number of hydrogen-bond donors (Lipinski definition) is 1. The van der Waals surface area contributed by atoms with Gasteiger partial charge in [-0.25, -0.2) is 4.98 Å². The number of nitrogens with zero attached hydrogens (tertiary/aromatic N) is 3. The Morgan fingerprint density at radius 1 is 1.43 bits per heavy atom. The van der Waals surface area contributed by atoms with Crippen molar-refractivity contribution in [2.24, 2.45) is 7.05 Å². The number of carbonyl (C=O) groups excluding carboxylic acids is 1. The molecule has 2 heterocycles. The Kier molecular flexibility index (Phi) is 3.96. The van der Waals surface area contributed by atoms with Crippen molar-refractivity contribution in [3.8, 4) is 0 Å². The van der Waals surface area contributed by atoms with Crippen LogP contribution in [0, 0.1) is 0 Å². The topological polar surface area (TPSA) is 50.2 Å². The highest BCUT2D eigenvalue weighted by atomic mass is 79.9. The molecule has 0 bridgehead atoms. The number of imidazole rings is 1. The van der Waals surface area contributed by atoms with Crippen molar-refractivity contribution < 1.29 is 4.79 Å². The summed E-state index contributed by atoms with van der Waals surface area (Å²) in [5.74, 6) is -0.102.